The highest BCUT2D eigenvalue weighted by atomic mass is 79.9. The predicted octanol–water partition coefficient (Wildman–Crippen LogP) is 7.77. The Morgan fingerprint density at radius 3 is 2.45 bits per heavy atom. The summed E-state index contributed by atoms with van der Waals surface area (Å²) in [6.45, 7) is 4.43. The number of nitrogens with zero attached hydrogens (tertiary/aromatic N) is 4. The van der Waals surface area contributed by atoms with E-state index in [0.717, 1.165) is 64.2 Å². The Labute approximate surface area is 263 Å². The fraction of sp³-hybridized carbons (Fsp3) is 0.257. The van der Waals surface area contributed by atoms with Crippen molar-refractivity contribution in [2.24, 2.45) is 5.10 Å². The summed E-state index contributed by atoms with van der Waals surface area (Å²) in [6.07, 6.45) is 7.27. The zero-order valence-corrected chi connectivity index (χ0v) is 26.3. The molecule has 224 valence electrons. The highest BCUT2D eigenvalue weighted by Crippen LogP contribution is 2.32. The van der Waals surface area contributed by atoms with Crippen molar-refractivity contribution in [2.45, 2.75) is 58.5 Å². The van der Waals surface area contributed by atoms with Crippen molar-refractivity contribution in [3.63, 3.8) is 0 Å². The third kappa shape index (κ3) is 6.10. The molecule has 0 atom stereocenters. The van der Waals surface area contributed by atoms with Crippen molar-refractivity contribution in [1.29, 1.82) is 0 Å². The van der Waals surface area contributed by atoms with Crippen molar-refractivity contribution in [3.05, 3.63) is 122 Å². The number of hydrogen-bond acceptors (Lipinski definition) is 5. The third-order valence-corrected chi connectivity index (χ3v) is 8.78. The summed E-state index contributed by atoms with van der Waals surface area (Å²) in [5, 5.41) is 14.4. The van der Waals surface area contributed by atoms with Crippen LogP contribution in [-0.2, 0) is 6.61 Å². The molecule has 2 aromatic heterocycles. The first-order valence-corrected chi connectivity index (χ1v) is 15.6. The van der Waals surface area contributed by atoms with Crippen LogP contribution in [0.4, 0.5) is 0 Å². The summed E-state index contributed by atoms with van der Waals surface area (Å²) in [6, 6.07) is 22.2. The Bertz CT molecular complexity index is 1920. The van der Waals surface area contributed by atoms with E-state index in [1.807, 2.05) is 56.3 Å². The molecule has 1 aliphatic rings. The van der Waals surface area contributed by atoms with E-state index >= 15 is 0 Å². The topological polar surface area (TPSA) is 98.7 Å². The summed E-state index contributed by atoms with van der Waals surface area (Å²) in [7, 11) is 0. The first-order chi connectivity index (χ1) is 21.3. The Hall–Kier alpha value is -4.50. The molecule has 1 fully saturated rings. The molecule has 2 heterocycles. The number of carbonyl (C=O) groups is 1. The monoisotopic (exact) mass is 652 g/mol. The fourth-order valence-corrected chi connectivity index (χ4v) is 6.30. The van der Waals surface area contributed by atoms with E-state index in [4.69, 9.17) is 19.9 Å². The van der Waals surface area contributed by atoms with Crippen LogP contribution in [0, 0.1) is 13.8 Å². The molecule has 0 amide bonds. The van der Waals surface area contributed by atoms with Crippen molar-refractivity contribution >= 4 is 39.0 Å². The van der Waals surface area contributed by atoms with Crippen LogP contribution >= 0.6 is 15.9 Å². The van der Waals surface area contributed by atoms with Gasteiger partial charge in [0.15, 0.2) is 0 Å². The number of benzene rings is 3. The molecule has 1 N–H and O–H groups in total. The minimum atomic E-state index is -0.949. The Morgan fingerprint density at radius 2 is 1.75 bits per heavy atom. The summed E-state index contributed by atoms with van der Waals surface area (Å²) in [4.78, 5) is 29.7. The van der Waals surface area contributed by atoms with E-state index in [2.05, 4.69) is 26.6 Å². The highest BCUT2D eigenvalue weighted by molar-refractivity contribution is 9.10. The number of rotatable bonds is 8. The molecule has 1 aliphatic carbocycles. The van der Waals surface area contributed by atoms with E-state index in [-0.39, 0.29) is 17.0 Å². The van der Waals surface area contributed by atoms with Gasteiger partial charge in [-0.05, 0) is 92.9 Å². The second kappa shape index (κ2) is 12.6. The van der Waals surface area contributed by atoms with Gasteiger partial charge in [0.25, 0.3) is 5.56 Å². The molecule has 8 nitrogen and oxygen atoms in total. The van der Waals surface area contributed by atoms with Gasteiger partial charge in [-0.3, -0.25) is 4.79 Å². The molecule has 1 saturated carbocycles. The van der Waals surface area contributed by atoms with Crippen LogP contribution in [0.1, 0.15) is 76.7 Å². The molecule has 44 heavy (non-hydrogen) atoms. The van der Waals surface area contributed by atoms with Crippen molar-refractivity contribution < 1.29 is 14.6 Å². The van der Waals surface area contributed by atoms with E-state index in [0.29, 0.717) is 23.3 Å². The summed E-state index contributed by atoms with van der Waals surface area (Å²) in [5.74, 6) is 0.711. The average Bonchev–Trinajstić information content (AvgIpc) is 3.32. The first-order valence-electron chi connectivity index (χ1n) is 14.8. The van der Waals surface area contributed by atoms with E-state index in [9.17, 15) is 9.59 Å². The van der Waals surface area contributed by atoms with Crippen molar-refractivity contribution in [1.82, 2.24) is 14.2 Å². The maximum absolute atomic E-state index is 13.7. The summed E-state index contributed by atoms with van der Waals surface area (Å²) >= 11 is 3.49. The number of aryl methyl sites for hydroxylation is 1. The van der Waals surface area contributed by atoms with Crippen molar-refractivity contribution in [2.75, 3.05) is 0 Å². The van der Waals surface area contributed by atoms with Gasteiger partial charge in [0.1, 0.15) is 18.2 Å². The lowest BCUT2D eigenvalue weighted by atomic mass is 9.88. The molecular formula is C35H33BrN4O4. The van der Waals surface area contributed by atoms with Gasteiger partial charge in [-0.15, -0.1) is 0 Å². The smallest absolute Gasteiger partial charge is 0.335 e. The number of halogens is 1. The lowest BCUT2D eigenvalue weighted by molar-refractivity contribution is 0.0697. The van der Waals surface area contributed by atoms with Gasteiger partial charge in [-0.25, -0.2) is 9.78 Å². The Balaban J connectivity index is 1.26. The Kier molecular flexibility index (Phi) is 8.48. The van der Waals surface area contributed by atoms with Gasteiger partial charge in [-0.1, -0.05) is 47.3 Å². The number of carboxylic acid groups (broad SMARTS) is 1. The highest BCUT2D eigenvalue weighted by Gasteiger charge is 2.23. The van der Waals surface area contributed by atoms with Crippen LogP contribution in [0.15, 0.2) is 87.2 Å². The molecule has 0 saturated heterocycles. The quantitative estimate of drug-likeness (QED) is 0.173. The summed E-state index contributed by atoms with van der Waals surface area (Å²) < 4.78 is 10.4. The first kappa shape index (κ1) is 29.6. The van der Waals surface area contributed by atoms with Crippen LogP contribution in [0.2, 0.25) is 0 Å². The average molecular weight is 654 g/mol. The molecule has 3 aromatic carbocycles. The number of hydrogen-bond donors (Lipinski definition) is 1. The normalized spacial score (nSPS) is 14.0. The zero-order chi connectivity index (χ0) is 30.8. The Morgan fingerprint density at radius 1 is 1.02 bits per heavy atom. The molecule has 9 heteroatoms. The van der Waals surface area contributed by atoms with Gasteiger partial charge in [-0.2, -0.15) is 9.78 Å². The van der Waals surface area contributed by atoms with Gasteiger partial charge in [0.2, 0.25) is 0 Å². The molecule has 0 aliphatic heterocycles. The van der Waals surface area contributed by atoms with E-state index in [1.165, 1.54) is 11.1 Å². The molecule has 0 radical (unpaired) electrons. The number of carboxylic acids is 1. The third-order valence-electron chi connectivity index (χ3n) is 8.29. The van der Waals surface area contributed by atoms with Crippen LogP contribution in [0.25, 0.3) is 16.6 Å². The van der Waals surface area contributed by atoms with Gasteiger partial charge < -0.3 is 14.4 Å². The van der Waals surface area contributed by atoms with Crippen molar-refractivity contribution in [3.8, 4) is 11.4 Å². The van der Waals surface area contributed by atoms with Crippen LogP contribution in [-0.4, -0.2) is 31.5 Å². The van der Waals surface area contributed by atoms with Gasteiger partial charge in [0, 0.05) is 33.0 Å². The van der Waals surface area contributed by atoms with Crippen LogP contribution in [0.5, 0.6) is 5.75 Å². The minimum Gasteiger partial charge on any atom is -0.489 e. The predicted molar refractivity (Wildman–Crippen MR) is 175 cm³/mol. The maximum Gasteiger partial charge on any atom is 0.335 e. The van der Waals surface area contributed by atoms with E-state index < -0.39 is 5.97 Å². The minimum absolute atomic E-state index is 0.157. The standard InChI is InChI=1S/C35H33BrN4O4/c1-22-18-27(20-37-40-33(25-6-4-3-5-7-25)38-32-17-12-28(36)19-31(32)34(40)41)23(2)39(22)29-13-15-30(16-14-29)44-21-24-8-10-26(11-9-24)35(42)43/h8-20,25H,3-7,21H2,1-2H3,(H,42,43). The molecule has 0 unspecified atom stereocenters. The molecule has 0 spiro atoms. The number of fused-ring (bicyclic) bond motifs is 1. The van der Waals surface area contributed by atoms with Gasteiger partial charge in [0.05, 0.1) is 22.7 Å². The number of ether oxygens (including phenoxy) is 1. The SMILES string of the molecule is Cc1cc(C=Nn2c(C3CCCCC3)nc3ccc(Br)cc3c2=O)c(C)n1-c1ccc(OCc2ccc(C(=O)O)cc2)cc1. The molecular weight excluding hydrogens is 620 g/mol. The largest absolute Gasteiger partial charge is 0.489 e. The lowest BCUT2D eigenvalue weighted by Crippen LogP contribution is -2.25. The zero-order valence-electron chi connectivity index (χ0n) is 24.7. The van der Waals surface area contributed by atoms with Gasteiger partial charge >= 0.3 is 5.97 Å². The second-order valence-corrected chi connectivity index (χ2v) is 12.2. The molecule has 5 aromatic rings. The second-order valence-electron chi connectivity index (χ2n) is 11.3. The van der Waals surface area contributed by atoms with Crippen LogP contribution in [0.3, 0.4) is 0 Å². The number of aromatic nitrogens is 3. The van der Waals surface area contributed by atoms with Crippen LogP contribution < -0.4 is 10.3 Å². The summed E-state index contributed by atoms with van der Waals surface area (Å²) in [5.41, 5.74) is 5.62. The molecule has 6 rings (SSSR count). The lowest BCUT2D eigenvalue weighted by Gasteiger charge is -2.22. The molecule has 0 bridgehead atoms. The maximum atomic E-state index is 13.7. The number of aromatic carboxylic acids is 1. The fourth-order valence-electron chi connectivity index (χ4n) is 5.94. The van der Waals surface area contributed by atoms with E-state index in [1.54, 1.807) is 30.5 Å².